The monoisotopic (exact) mass is 336 g/mol. The first-order valence-electron chi connectivity index (χ1n) is 7.62. The van der Waals surface area contributed by atoms with Crippen molar-refractivity contribution in [3.8, 4) is 0 Å². The Morgan fingerprint density at radius 1 is 1.09 bits per heavy atom. The molecular formula is C17H18F2N2OS. The van der Waals surface area contributed by atoms with Gasteiger partial charge in [-0.15, -0.1) is 11.3 Å². The highest BCUT2D eigenvalue weighted by Gasteiger charge is 2.21. The molecule has 1 saturated heterocycles. The zero-order valence-electron chi connectivity index (χ0n) is 12.7. The lowest BCUT2D eigenvalue weighted by molar-refractivity contribution is 0.0766. The lowest BCUT2D eigenvalue weighted by atomic mass is 10.2. The number of amides is 1. The molecule has 3 rings (SSSR count). The Labute approximate surface area is 138 Å². The van der Waals surface area contributed by atoms with Crippen molar-refractivity contribution in [3.05, 3.63) is 57.8 Å². The van der Waals surface area contributed by atoms with E-state index in [0.717, 1.165) is 42.6 Å². The third-order valence-electron chi connectivity index (χ3n) is 4.00. The third kappa shape index (κ3) is 3.95. The van der Waals surface area contributed by atoms with Gasteiger partial charge in [0.2, 0.25) is 0 Å². The van der Waals surface area contributed by atoms with Crippen molar-refractivity contribution in [2.24, 2.45) is 0 Å². The second kappa shape index (κ2) is 7.19. The van der Waals surface area contributed by atoms with E-state index in [4.69, 9.17) is 0 Å². The molecule has 2 heterocycles. The third-order valence-corrected chi connectivity index (χ3v) is 4.86. The highest BCUT2D eigenvalue weighted by molar-refractivity contribution is 7.12. The van der Waals surface area contributed by atoms with Crippen molar-refractivity contribution < 1.29 is 13.6 Å². The molecule has 2 aromatic rings. The van der Waals surface area contributed by atoms with Gasteiger partial charge in [-0.1, -0.05) is 12.1 Å². The number of thiophene rings is 1. The maximum Gasteiger partial charge on any atom is 0.263 e. The van der Waals surface area contributed by atoms with Crippen molar-refractivity contribution in [1.82, 2.24) is 9.80 Å². The second-order valence-electron chi connectivity index (χ2n) is 5.65. The molecule has 1 aliphatic rings. The van der Waals surface area contributed by atoms with Gasteiger partial charge in [0.1, 0.15) is 0 Å². The van der Waals surface area contributed by atoms with Crippen LogP contribution < -0.4 is 0 Å². The van der Waals surface area contributed by atoms with Crippen LogP contribution in [-0.4, -0.2) is 41.9 Å². The van der Waals surface area contributed by atoms with Gasteiger partial charge in [0.15, 0.2) is 11.6 Å². The van der Waals surface area contributed by atoms with Crippen molar-refractivity contribution in [1.29, 1.82) is 0 Å². The van der Waals surface area contributed by atoms with Gasteiger partial charge in [-0.25, -0.2) is 8.78 Å². The van der Waals surface area contributed by atoms with E-state index in [-0.39, 0.29) is 5.91 Å². The van der Waals surface area contributed by atoms with E-state index in [0.29, 0.717) is 13.1 Å². The minimum Gasteiger partial charge on any atom is -0.337 e. The second-order valence-corrected chi connectivity index (χ2v) is 6.60. The predicted octanol–water partition coefficient (Wildman–Crippen LogP) is 3.37. The summed E-state index contributed by atoms with van der Waals surface area (Å²) in [5.41, 5.74) is 0.752. The van der Waals surface area contributed by atoms with Crippen LogP contribution in [0.4, 0.5) is 8.78 Å². The Morgan fingerprint density at radius 2 is 1.96 bits per heavy atom. The summed E-state index contributed by atoms with van der Waals surface area (Å²) in [7, 11) is 0. The van der Waals surface area contributed by atoms with Crippen LogP contribution >= 0.6 is 11.3 Å². The molecule has 0 N–H and O–H groups in total. The SMILES string of the molecule is O=C(c1cccs1)N1CCCN(Cc2ccc(F)c(F)c2)CC1. The summed E-state index contributed by atoms with van der Waals surface area (Å²) in [6, 6.07) is 7.74. The zero-order valence-corrected chi connectivity index (χ0v) is 13.5. The molecule has 0 atom stereocenters. The summed E-state index contributed by atoms with van der Waals surface area (Å²) < 4.78 is 26.3. The minimum absolute atomic E-state index is 0.0784. The fourth-order valence-electron chi connectivity index (χ4n) is 2.78. The van der Waals surface area contributed by atoms with Gasteiger partial charge >= 0.3 is 0 Å². The van der Waals surface area contributed by atoms with Gasteiger partial charge in [0.25, 0.3) is 5.91 Å². The molecule has 3 nitrogen and oxygen atoms in total. The van der Waals surface area contributed by atoms with Crippen LogP contribution in [0, 0.1) is 11.6 Å². The van der Waals surface area contributed by atoms with E-state index in [1.165, 1.54) is 17.4 Å². The first-order valence-corrected chi connectivity index (χ1v) is 8.50. The highest BCUT2D eigenvalue weighted by Crippen LogP contribution is 2.16. The first-order chi connectivity index (χ1) is 11.1. The molecule has 1 aliphatic heterocycles. The van der Waals surface area contributed by atoms with Crippen LogP contribution in [0.25, 0.3) is 0 Å². The zero-order chi connectivity index (χ0) is 16.2. The molecule has 1 amide bonds. The fourth-order valence-corrected chi connectivity index (χ4v) is 3.48. The Kier molecular flexibility index (Phi) is 5.03. The van der Waals surface area contributed by atoms with Gasteiger partial charge in [0.05, 0.1) is 4.88 Å². The normalized spacial score (nSPS) is 16.3. The molecule has 122 valence electrons. The summed E-state index contributed by atoms with van der Waals surface area (Å²) in [6.07, 6.45) is 0.876. The average molecular weight is 336 g/mol. The number of rotatable bonds is 3. The Hall–Kier alpha value is -1.79. The van der Waals surface area contributed by atoms with E-state index >= 15 is 0 Å². The first kappa shape index (κ1) is 16.1. The molecule has 1 aromatic heterocycles. The maximum absolute atomic E-state index is 13.3. The van der Waals surface area contributed by atoms with Crippen molar-refractivity contribution in [2.75, 3.05) is 26.2 Å². The molecule has 1 aromatic carbocycles. The van der Waals surface area contributed by atoms with E-state index in [1.54, 1.807) is 6.07 Å². The molecule has 0 radical (unpaired) electrons. The number of halogens is 2. The molecule has 0 bridgehead atoms. The van der Waals surface area contributed by atoms with Gasteiger partial charge in [-0.05, 0) is 35.6 Å². The number of hydrogen-bond donors (Lipinski definition) is 0. The van der Waals surface area contributed by atoms with Crippen LogP contribution in [0.15, 0.2) is 35.7 Å². The Balaban J connectivity index is 1.60. The fraction of sp³-hybridized carbons (Fsp3) is 0.353. The molecule has 6 heteroatoms. The number of carbonyl (C=O) groups excluding carboxylic acids is 1. The summed E-state index contributed by atoms with van der Waals surface area (Å²) in [6.45, 7) is 3.52. The Morgan fingerprint density at radius 3 is 2.70 bits per heavy atom. The van der Waals surface area contributed by atoms with Crippen LogP contribution in [-0.2, 0) is 6.54 Å². The number of nitrogens with zero attached hydrogens (tertiary/aromatic N) is 2. The lowest BCUT2D eigenvalue weighted by Crippen LogP contribution is -2.34. The molecular weight excluding hydrogens is 318 g/mol. The summed E-state index contributed by atoms with van der Waals surface area (Å²) in [5.74, 6) is -1.56. The molecule has 23 heavy (non-hydrogen) atoms. The molecule has 0 saturated carbocycles. The van der Waals surface area contributed by atoms with Crippen LogP contribution in [0.3, 0.4) is 0 Å². The van der Waals surface area contributed by atoms with Gasteiger partial charge in [0, 0.05) is 32.7 Å². The van der Waals surface area contributed by atoms with Crippen LogP contribution in [0.2, 0.25) is 0 Å². The van der Waals surface area contributed by atoms with E-state index in [2.05, 4.69) is 4.90 Å². The van der Waals surface area contributed by atoms with Gasteiger partial charge in [-0.3, -0.25) is 9.69 Å². The van der Waals surface area contributed by atoms with E-state index < -0.39 is 11.6 Å². The van der Waals surface area contributed by atoms with Crippen LogP contribution in [0.5, 0.6) is 0 Å². The molecule has 0 unspecified atom stereocenters. The Bertz CT molecular complexity index is 675. The van der Waals surface area contributed by atoms with Crippen LogP contribution in [0.1, 0.15) is 21.7 Å². The summed E-state index contributed by atoms with van der Waals surface area (Å²) in [4.78, 5) is 17.2. The molecule has 0 aliphatic carbocycles. The quantitative estimate of drug-likeness (QED) is 0.858. The minimum atomic E-state index is -0.822. The van der Waals surface area contributed by atoms with Gasteiger partial charge < -0.3 is 4.90 Å². The number of benzene rings is 1. The molecule has 0 spiro atoms. The number of hydrogen-bond acceptors (Lipinski definition) is 3. The van der Waals surface area contributed by atoms with E-state index in [9.17, 15) is 13.6 Å². The standard InChI is InChI=1S/C17H18F2N2OS/c18-14-5-4-13(11-15(14)19)12-20-6-2-7-21(9-8-20)17(22)16-3-1-10-23-16/h1,3-5,10-11H,2,6-9,12H2. The van der Waals surface area contributed by atoms with Crippen molar-refractivity contribution in [3.63, 3.8) is 0 Å². The molecule has 1 fully saturated rings. The lowest BCUT2D eigenvalue weighted by Gasteiger charge is -2.21. The topological polar surface area (TPSA) is 23.6 Å². The maximum atomic E-state index is 13.3. The predicted molar refractivity (Wildman–Crippen MR) is 86.5 cm³/mol. The summed E-state index contributed by atoms with van der Waals surface area (Å²) >= 11 is 1.46. The van der Waals surface area contributed by atoms with E-state index in [1.807, 2.05) is 22.4 Å². The number of carbonyl (C=O) groups is 1. The largest absolute Gasteiger partial charge is 0.337 e. The van der Waals surface area contributed by atoms with Crippen molar-refractivity contribution >= 4 is 17.2 Å². The summed E-state index contributed by atoms with van der Waals surface area (Å²) in [5, 5.41) is 1.90. The van der Waals surface area contributed by atoms with Crippen molar-refractivity contribution in [2.45, 2.75) is 13.0 Å². The highest BCUT2D eigenvalue weighted by atomic mass is 32.1. The smallest absolute Gasteiger partial charge is 0.263 e. The van der Waals surface area contributed by atoms with Gasteiger partial charge in [-0.2, -0.15) is 0 Å². The average Bonchev–Trinajstić information content (AvgIpc) is 2.98.